The van der Waals surface area contributed by atoms with Crippen LogP contribution in [0.5, 0.6) is 11.5 Å². The van der Waals surface area contributed by atoms with Gasteiger partial charge in [0.2, 0.25) is 0 Å². The summed E-state index contributed by atoms with van der Waals surface area (Å²) in [4.78, 5) is 0. The maximum atomic E-state index is 6.15. The monoisotopic (exact) mass is 227 g/mol. The second kappa shape index (κ2) is 3.91. The van der Waals surface area contributed by atoms with Crippen molar-refractivity contribution in [3.8, 4) is 11.5 Å². The summed E-state index contributed by atoms with van der Waals surface area (Å²) in [6.45, 7) is 5.01. The molecule has 1 unspecified atom stereocenters. The highest BCUT2D eigenvalue weighted by atomic mass is 35.5. The molecule has 2 rings (SSSR count). The lowest BCUT2D eigenvalue weighted by atomic mass is 10.0. The van der Waals surface area contributed by atoms with Crippen LogP contribution in [0.15, 0.2) is 6.07 Å². The van der Waals surface area contributed by atoms with Gasteiger partial charge in [-0.25, -0.2) is 0 Å². The molecule has 4 heteroatoms. The summed E-state index contributed by atoms with van der Waals surface area (Å²) in [6.07, 6.45) is 0. The number of halogens is 1. The van der Waals surface area contributed by atoms with E-state index in [1.54, 1.807) is 6.07 Å². The summed E-state index contributed by atoms with van der Waals surface area (Å²) >= 11 is 6.15. The van der Waals surface area contributed by atoms with Gasteiger partial charge < -0.3 is 15.2 Å². The topological polar surface area (TPSA) is 44.5 Å². The van der Waals surface area contributed by atoms with Crippen molar-refractivity contribution < 1.29 is 9.47 Å². The molecular formula is C11H14ClNO2. The molecule has 0 saturated heterocycles. The Bertz CT molecular complexity index is 391. The number of benzene rings is 1. The SMILES string of the molecule is Cc1c2c(cc(Cl)c1C(C)N)OCCO2. The molecule has 1 aromatic carbocycles. The summed E-state index contributed by atoms with van der Waals surface area (Å²) in [5.41, 5.74) is 7.78. The average molecular weight is 228 g/mol. The van der Waals surface area contributed by atoms with Gasteiger partial charge in [-0.15, -0.1) is 0 Å². The minimum atomic E-state index is -0.103. The Morgan fingerprint density at radius 2 is 2.07 bits per heavy atom. The van der Waals surface area contributed by atoms with Gasteiger partial charge in [0.05, 0.1) is 0 Å². The molecule has 1 aromatic rings. The van der Waals surface area contributed by atoms with E-state index < -0.39 is 0 Å². The minimum absolute atomic E-state index is 0.103. The minimum Gasteiger partial charge on any atom is -0.486 e. The van der Waals surface area contributed by atoms with Crippen molar-refractivity contribution in [1.29, 1.82) is 0 Å². The first-order chi connectivity index (χ1) is 7.11. The Balaban J connectivity index is 2.59. The van der Waals surface area contributed by atoms with Gasteiger partial charge in [0.25, 0.3) is 0 Å². The van der Waals surface area contributed by atoms with Crippen LogP contribution in [-0.4, -0.2) is 13.2 Å². The van der Waals surface area contributed by atoms with E-state index in [2.05, 4.69) is 0 Å². The molecule has 1 aliphatic heterocycles. The summed E-state index contributed by atoms with van der Waals surface area (Å²) in [5, 5.41) is 0.645. The standard InChI is InChI=1S/C11H14ClNO2/c1-6-10(7(2)13)8(12)5-9-11(6)15-4-3-14-9/h5,7H,3-4,13H2,1-2H3. The van der Waals surface area contributed by atoms with Gasteiger partial charge in [0.1, 0.15) is 13.2 Å². The third-order valence-electron chi connectivity index (χ3n) is 2.53. The van der Waals surface area contributed by atoms with Crippen LogP contribution in [-0.2, 0) is 0 Å². The van der Waals surface area contributed by atoms with E-state index in [1.807, 2.05) is 13.8 Å². The van der Waals surface area contributed by atoms with Gasteiger partial charge in [-0.05, 0) is 19.4 Å². The fourth-order valence-corrected chi connectivity index (χ4v) is 2.30. The quantitative estimate of drug-likeness (QED) is 0.802. The Morgan fingerprint density at radius 1 is 1.40 bits per heavy atom. The number of hydrogen-bond donors (Lipinski definition) is 1. The largest absolute Gasteiger partial charge is 0.486 e. The molecule has 0 aromatic heterocycles. The molecule has 1 atom stereocenters. The molecule has 0 fully saturated rings. The van der Waals surface area contributed by atoms with Crippen LogP contribution in [0.3, 0.4) is 0 Å². The Labute approximate surface area is 94.1 Å². The van der Waals surface area contributed by atoms with Crippen molar-refractivity contribution in [1.82, 2.24) is 0 Å². The van der Waals surface area contributed by atoms with Crippen molar-refractivity contribution in [2.24, 2.45) is 5.73 Å². The zero-order valence-electron chi connectivity index (χ0n) is 8.84. The van der Waals surface area contributed by atoms with Gasteiger partial charge in [-0.3, -0.25) is 0 Å². The summed E-state index contributed by atoms with van der Waals surface area (Å²) in [5.74, 6) is 1.49. The van der Waals surface area contributed by atoms with E-state index in [1.165, 1.54) is 0 Å². The van der Waals surface area contributed by atoms with Gasteiger partial charge in [-0.2, -0.15) is 0 Å². The second-order valence-electron chi connectivity index (χ2n) is 3.71. The highest BCUT2D eigenvalue weighted by Crippen LogP contribution is 2.41. The first-order valence-electron chi connectivity index (χ1n) is 4.95. The molecule has 1 heterocycles. The normalized spacial score (nSPS) is 16.3. The van der Waals surface area contributed by atoms with E-state index in [0.29, 0.717) is 24.0 Å². The van der Waals surface area contributed by atoms with E-state index in [9.17, 15) is 0 Å². The van der Waals surface area contributed by atoms with Crippen LogP contribution in [0.2, 0.25) is 5.02 Å². The smallest absolute Gasteiger partial charge is 0.164 e. The predicted molar refractivity (Wildman–Crippen MR) is 59.8 cm³/mol. The molecule has 0 bridgehead atoms. The lowest BCUT2D eigenvalue weighted by molar-refractivity contribution is 0.170. The van der Waals surface area contributed by atoms with Gasteiger partial charge in [-0.1, -0.05) is 11.6 Å². The number of hydrogen-bond acceptors (Lipinski definition) is 3. The van der Waals surface area contributed by atoms with E-state index in [-0.39, 0.29) is 6.04 Å². The number of fused-ring (bicyclic) bond motifs is 1. The summed E-state index contributed by atoms with van der Waals surface area (Å²) < 4.78 is 11.0. The van der Waals surface area contributed by atoms with Crippen molar-refractivity contribution in [3.63, 3.8) is 0 Å². The fourth-order valence-electron chi connectivity index (χ4n) is 1.89. The van der Waals surface area contributed by atoms with Crippen molar-refractivity contribution in [3.05, 3.63) is 22.2 Å². The molecule has 3 nitrogen and oxygen atoms in total. The molecule has 2 N–H and O–H groups in total. The third-order valence-corrected chi connectivity index (χ3v) is 2.84. The zero-order valence-corrected chi connectivity index (χ0v) is 9.60. The van der Waals surface area contributed by atoms with E-state index in [4.69, 9.17) is 26.8 Å². The second-order valence-corrected chi connectivity index (χ2v) is 4.12. The highest BCUT2D eigenvalue weighted by molar-refractivity contribution is 6.31. The first-order valence-corrected chi connectivity index (χ1v) is 5.33. The van der Waals surface area contributed by atoms with Crippen LogP contribution < -0.4 is 15.2 Å². The average Bonchev–Trinajstić information content (AvgIpc) is 2.17. The first kappa shape index (κ1) is 10.6. The maximum absolute atomic E-state index is 6.15. The fraction of sp³-hybridized carbons (Fsp3) is 0.455. The van der Waals surface area contributed by atoms with Crippen molar-refractivity contribution >= 4 is 11.6 Å². The van der Waals surface area contributed by atoms with Gasteiger partial charge >= 0.3 is 0 Å². The lowest BCUT2D eigenvalue weighted by Gasteiger charge is -2.23. The molecule has 0 spiro atoms. The summed E-state index contributed by atoms with van der Waals surface area (Å²) in [6, 6.07) is 1.68. The molecule has 1 aliphatic rings. The third kappa shape index (κ3) is 1.77. The van der Waals surface area contributed by atoms with Gasteiger partial charge in [0, 0.05) is 22.7 Å². The zero-order chi connectivity index (χ0) is 11.0. The van der Waals surface area contributed by atoms with Crippen LogP contribution in [0, 0.1) is 6.92 Å². The molecule has 0 aliphatic carbocycles. The Morgan fingerprint density at radius 3 is 2.73 bits per heavy atom. The summed E-state index contributed by atoms with van der Waals surface area (Å²) in [7, 11) is 0. The van der Waals surface area contributed by atoms with Crippen LogP contribution in [0.4, 0.5) is 0 Å². The van der Waals surface area contributed by atoms with Crippen molar-refractivity contribution in [2.75, 3.05) is 13.2 Å². The molecule has 82 valence electrons. The molecule has 0 saturated carbocycles. The molecular weight excluding hydrogens is 214 g/mol. The van der Waals surface area contributed by atoms with Crippen LogP contribution in [0.25, 0.3) is 0 Å². The lowest BCUT2D eigenvalue weighted by Crippen LogP contribution is -2.18. The Kier molecular flexibility index (Phi) is 2.76. The molecule has 0 radical (unpaired) electrons. The number of nitrogens with two attached hydrogens (primary N) is 1. The van der Waals surface area contributed by atoms with E-state index in [0.717, 1.165) is 16.9 Å². The van der Waals surface area contributed by atoms with Crippen molar-refractivity contribution in [2.45, 2.75) is 19.9 Å². The molecule has 0 amide bonds. The predicted octanol–water partition coefficient (Wildman–Crippen LogP) is 2.44. The van der Waals surface area contributed by atoms with Crippen LogP contribution >= 0.6 is 11.6 Å². The number of ether oxygens (including phenoxy) is 2. The maximum Gasteiger partial charge on any atom is 0.164 e. The highest BCUT2D eigenvalue weighted by Gasteiger charge is 2.21. The Hall–Kier alpha value is -0.930. The number of rotatable bonds is 1. The van der Waals surface area contributed by atoms with Crippen LogP contribution in [0.1, 0.15) is 24.1 Å². The van der Waals surface area contributed by atoms with Gasteiger partial charge in [0.15, 0.2) is 11.5 Å². The van der Waals surface area contributed by atoms with E-state index >= 15 is 0 Å². The molecule has 15 heavy (non-hydrogen) atoms.